The lowest BCUT2D eigenvalue weighted by molar-refractivity contribution is -0.116. The van der Waals surface area contributed by atoms with E-state index in [4.69, 9.17) is 10.4 Å². The van der Waals surface area contributed by atoms with Crippen molar-refractivity contribution in [1.82, 2.24) is 14.7 Å². The first-order valence-corrected chi connectivity index (χ1v) is 11.1. The second kappa shape index (κ2) is 10.2. The van der Waals surface area contributed by atoms with Crippen molar-refractivity contribution >= 4 is 23.4 Å². The van der Waals surface area contributed by atoms with E-state index in [9.17, 15) is 9.59 Å². The summed E-state index contributed by atoms with van der Waals surface area (Å²) >= 11 is 0. The molecule has 0 spiro atoms. The van der Waals surface area contributed by atoms with Crippen LogP contribution in [-0.4, -0.2) is 39.7 Å². The quantitative estimate of drug-likeness (QED) is 0.551. The van der Waals surface area contributed by atoms with Gasteiger partial charge >= 0.3 is 6.03 Å². The molecule has 0 aliphatic heterocycles. The maximum absolute atomic E-state index is 12.9. The highest BCUT2D eigenvalue weighted by Crippen LogP contribution is 2.26. The number of aromatic nitrogens is 2. The van der Waals surface area contributed by atoms with Crippen LogP contribution < -0.4 is 10.6 Å². The van der Waals surface area contributed by atoms with Crippen LogP contribution in [0.2, 0.25) is 0 Å². The zero-order chi connectivity index (χ0) is 24.9. The molecule has 8 nitrogen and oxygen atoms in total. The molecule has 0 aliphatic rings. The van der Waals surface area contributed by atoms with Gasteiger partial charge in [0.2, 0.25) is 5.91 Å². The third-order valence-corrected chi connectivity index (χ3v) is 5.26. The van der Waals surface area contributed by atoms with Gasteiger partial charge in [0.05, 0.1) is 23.0 Å². The molecule has 1 aromatic heterocycles. The molecule has 3 amide bonds. The molecule has 0 saturated carbocycles. The van der Waals surface area contributed by atoms with Crippen LogP contribution >= 0.6 is 0 Å². The van der Waals surface area contributed by atoms with E-state index < -0.39 is 6.03 Å². The zero-order valence-corrected chi connectivity index (χ0v) is 20.2. The SMILES string of the molecule is CCN(CC(=O)Nc1cc(C(C)(C)C)nn1-c1cccc(C)c1)C(=O)Nc1ccc(C#N)cc1. The third-order valence-electron chi connectivity index (χ3n) is 5.26. The molecule has 0 fully saturated rings. The minimum absolute atomic E-state index is 0.123. The van der Waals surface area contributed by atoms with Crippen molar-refractivity contribution < 1.29 is 9.59 Å². The number of amides is 3. The molecule has 0 radical (unpaired) electrons. The summed E-state index contributed by atoms with van der Waals surface area (Å²) in [5.41, 5.74) is 3.62. The summed E-state index contributed by atoms with van der Waals surface area (Å²) in [6, 6.07) is 17.9. The molecule has 0 unspecified atom stereocenters. The molecular formula is C26H30N6O2. The summed E-state index contributed by atoms with van der Waals surface area (Å²) in [6.07, 6.45) is 0. The summed E-state index contributed by atoms with van der Waals surface area (Å²) in [4.78, 5) is 27.0. The predicted octanol–water partition coefficient (Wildman–Crippen LogP) is 4.84. The highest BCUT2D eigenvalue weighted by Gasteiger charge is 2.23. The Kier molecular flexibility index (Phi) is 7.37. The maximum Gasteiger partial charge on any atom is 0.322 e. The summed E-state index contributed by atoms with van der Waals surface area (Å²) in [6.45, 7) is 10.2. The molecule has 3 rings (SSSR count). The first-order chi connectivity index (χ1) is 16.1. The third kappa shape index (κ3) is 6.01. The Bertz CT molecular complexity index is 1220. The number of nitrogens with zero attached hydrogens (tertiary/aromatic N) is 4. The van der Waals surface area contributed by atoms with E-state index in [0.29, 0.717) is 23.6 Å². The van der Waals surface area contributed by atoms with Gasteiger partial charge in [-0.25, -0.2) is 9.48 Å². The molecule has 2 aromatic carbocycles. The lowest BCUT2D eigenvalue weighted by Crippen LogP contribution is -2.40. The number of nitriles is 1. The smallest absolute Gasteiger partial charge is 0.315 e. The monoisotopic (exact) mass is 458 g/mol. The second-order valence-corrected chi connectivity index (χ2v) is 9.10. The van der Waals surface area contributed by atoms with Crippen LogP contribution in [0.3, 0.4) is 0 Å². The number of anilines is 2. The Labute approximate surface area is 200 Å². The van der Waals surface area contributed by atoms with E-state index in [1.807, 2.05) is 43.3 Å². The average Bonchev–Trinajstić information content (AvgIpc) is 3.22. The number of carbonyl (C=O) groups is 2. The topological polar surface area (TPSA) is 103 Å². The Balaban J connectivity index is 1.76. The van der Waals surface area contributed by atoms with E-state index in [1.54, 1.807) is 35.9 Å². The summed E-state index contributed by atoms with van der Waals surface area (Å²) < 4.78 is 1.72. The number of urea groups is 1. The number of likely N-dealkylation sites (N-methyl/N-ethyl adjacent to an activating group) is 1. The van der Waals surface area contributed by atoms with E-state index >= 15 is 0 Å². The highest BCUT2D eigenvalue weighted by molar-refractivity contribution is 5.96. The number of aryl methyl sites for hydroxylation is 1. The zero-order valence-electron chi connectivity index (χ0n) is 20.2. The van der Waals surface area contributed by atoms with Crippen molar-refractivity contribution in [2.75, 3.05) is 23.7 Å². The molecule has 0 saturated heterocycles. The van der Waals surface area contributed by atoms with Crippen molar-refractivity contribution in [3.05, 3.63) is 71.4 Å². The van der Waals surface area contributed by atoms with Crippen molar-refractivity contribution in [1.29, 1.82) is 5.26 Å². The molecule has 8 heteroatoms. The van der Waals surface area contributed by atoms with Crippen LogP contribution in [0.25, 0.3) is 5.69 Å². The Morgan fingerprint density at radius 2 is 1.79 bits per heavy atom. The number of benzene rings is 2. The van der Waals surface area contributed by atoms with Crippen LogP contribution in [0.15, 0.2) is 54.6 Å². The van der Waals surface area contributed by atoms with Crippen LogP contribution in [0.4, 0.5) is 16.3 Å². The standard InChI is InChI=1S/C26H30N6O2/c1-6-31(25(34)28-20-12-10-19(16-27)11-13-20)17-24(33)29-23-15-22(26(3,4)5)30-32(23)21-9-7-8-18(2)14-21/h7-15H,6,17H2,1-5H3,(H,28,34)(H,29,33). The minimum Gasteiger partial charge on any atom is -0.315 e. The Morgan fingerprint density at radius 1 is 1.09 bits per heavy atom. The van der Waals surface area contributed by atoms with Crippen LogP contribution in [0.5, 0.6) is 0 Å². The first kappa shape index (κ1) is 24.5. The van der Waals surface area contributed by atoms with E-state index in [1.165, 1.54) is 4.90 Å². The van der Waals surface area contributed by atoms with E-state index in [-0.39, 0.29) is 17.9 Å². The van der Waals surface area contributed by atoms with E-state index in [2.05, 4.69) is 31.4 Å². The summed E-state index contributed by atoms with van der Waals surface area (Å²) in [5, 5.41) is 19.3. The summed E-state index contributed by atoms with van der Waals surface area (Å²) in [7, 11) is 0. The molecule has 176 valence electrons. The summed E-state index contributed by atoms with van der Waals surface area (Å²) in [5.74, 6) is 0.218. The number of hydrogen-bond acceptors (Lipinski definition) is 4. The number of hydrogen-bond donors (Lipinski definition) is 2. The molecule has 3 aromatic rings. The highest BCUT2D eigenvalue weighted by atomic mass is 16.2. The second-order valence-electron chi connectivity index (χ2n) is 9.10. The fraction of sp³-hybridized carbons (Fsp3) is 0.308. The van der Waals surface area contributed by atoms with Gasteiger partial charge in [0.25, 0.3) is 0 Å². The Morgan fingerprint density at radius 3 is 2.38 bits per heavy atom. The number of rotatable bonds is 6. The molecule has 0 atom stereocenters. The van der Waals surface area contributed by atoms with Crippen molar-refractivity contribution in [3.63, 3.8) is 0 Å². The van der Waals surface area contributed by atoms with Gasteiger partial charge in [-0.15, -0.1) is 0 Å². The van der Waals surface area contributed by atoms with Crippen LogP contribution in [0, 0.1) is 18.3 Å². The molecule has 0 aliphatic carbocycles. The number of carbonyl (C=O) groups excluding carboxylic acids is 2. The van der Waals surface area contributed by atoms with Crippen molar-refractivity contribution in [2.45, 2.75) is 40.0 Å². The van der Waals surface area contributed by atoms with Gasteiger partial charge in [-0.05, 0) is 55.8 Å². The van der Waals surface area contributed by atoms with Gasteiger partial charge in [0, 0.05) is 23.7 Å². The number of nitrogens with one attached hydrogen (secondary N) is 2. The van der Waals surface area contributed by atoms with Crippen LogP contribution in [-0.2, 0) is 10.2 Å². The molecule has 2 N–H and O–H groups in total. The van der Waals surface area contributed by atoms with Crippen LogP contribution in [0.1, 0.15) is 44.5 Å². The van der Waals surface area contributed by atoms with Crippen molar-refractivity contribution in [2.24, 2.45) is 0 Å². The lowest BCUT2D eigenvalue weighted by atomic mass is 9.92. The molecular weight excluding hydrogens is 428 g/mol. The normalized spacial score (nSPS) is 10.9. The maximum atomic E-state index is 12.9. The minimum atomic E-state index is -0.398. The molecule has 34 heavy (non-hydrogen) atoms. The van der Waals surface area contributed by atoms with Gasteiger partial charge < -0.3 is 15.5 Å². The molecule has 0 bridgehead atoms. The lowest BCUT2D eigenvalue weighted by Gasteiger charge is -2.21. The van der Waals surface area contributed by atoms with Gasteiger partial charge in [-0.2, -0.15) is 10.4 Å². The average molecular weight is 459 g/mol. The fourth-order valence-electron chi connectivity index (χ4n) is 3.31. The first-order valence-electron chi connectivity index (χ1n) is 11.1. The molecule has 1 heterocycles. The Hall–Kier alpha value is -4.12. The van der Waals surface area contributed by atoms with Gasteiger partial charge in [-0.1, -0.05) is 32.9 Å². The largest absolute Gasteiger partial charge is 0.322 e. The van der Waals surface area contributed by atoms with Crippen molar-refractivity contribution in [3.8, 4) is 11.8 Å². The van der Waals surface area contributed by atoms with Gasteiger partial charge in [0.1, 0.15) is 12.4 Å². The van der Waals surface area contributed by atoms with Gasteiger partial charge in [-0.3, -0.25) is 4.79 Å². The predicted molar refractivity (Wildman–Crippen MR) is 133 cm³/mol. The van der Waals surface area contributed by atoms with Gasteiger partial charge in [0.15, 0.2) is 0 Å². The van der Waals surface area contributed by atoms with E-state index in [0.717, 1.165) is 16.9 Å². The fourth-order valence-corrected chi connectivity index (χ4v) is 3.31.